The van der Waals surface area contributed by atoms with Gasteiger partial charge in [0.15, 0.2) is 0 Å². The highest BCUT2D eigenvalue weighted by Crippen LogP contribution is 2.44. The molecular weight excluding hydrogens is 418 g/mol. The van der Waals surface area contributed by atoms with Crippen LogP contribution in [0.4, 0.5) is 5.69 Å². The summed E-state index contributed by atoms with van der Waals surface area (Å²) in [6, 6.07) is 12.9. The van der Waals surface area contributed by atoms with E-state index in [9.17, 15) is 14.7 Å². The van der Waals surface area contributed by atoms with Crippen molar-refractivity contribution in [1.82, 2.24) is 0 Å². The lowest BCUT2D eigenvalue weighted by Crippen LogP contribution is -2.29. The highest BCUT2D eigenvalue weighted by atomic mass is 35.5. The average molecular weight is 438 g/mol. The van der Waals surface area contributed by atoms with E-state index in [0.29, 0.717) is 11.4 Å². The van der Waals surface area contributed by atoms with E-state index in [0.717, 1.165) is 11.1 Å². The second-order valence-electron chi connectivity index (χ2n) is 7.35. The lowest BCUT2D eigenvalue weighted by Gasteiger charge is -2.23. The molecule has 158 valence electrons. The number of amides is 1. The number of aliphatic hydroxyl groups excluding tert-OH is 1. The Morgan fingerprint density at radius 3 is 2.42 bits per heavy atom. The number of ketones is 1. The summed E-state index contributed by atoms with van der Waals surface area (Å²) in [5.74, 6) is -1.40. The van der Waals surface area contributed by atoms with E-state index in [1.165, 1.54) is 18.3 Å². The minimum Gasteiger partial charge on any atom is -0.507 e. The Bertz CT molecular complexity index is 1200. The molecule has 3 aromatic rings. The molecule has 1 saturated heterocycles. The number of ether oxygens (including phenoxy) is 1. The molecule has 1 N–H and O–H groups in total. The van der Waals surface area contributed by atoms with Crippen LogP contribution in [0.1, 0.15) is 28.5 Å². The fraction of sp³-hybridized carbons (Fsp3) is 0.167. The van der Waals surface area contributed by atoms with Gasteiger partial charge in [0.05, 0.1) is 29.5 Å². The van der Waals surface area contributed by atoms with Crippen molar-refractivity contribution in [3.8, 4) is 5.75 Å². The normalized spacial score (nSPS) is 17.9. The van der Waals surface area contributed by atoms with Gasteiger partial charge in [0.1, 0.15) is 23.3 Å². The number of carbonyl (C=O) groups excluding carboxylic acids is 2. The van der Waals surface area contributed by atoms with Crippen LogP contribution in [0.2, 0.25) is 5.02 Å². The third-order valence-electron chi connectivity index (χ3n) is 5.22. The number of benzene rings is 2. The maximum Gasteiger partial charge on any atom is 0.300 e. The molecule has 1 aliphatic rings. The van der Waals surface area contributed by atoms with Crippen molar-refractivity contribution in [1.29, 1.82) is 0 Å². The van der Waals surface area contributed by atoms with Crippen molar-refractivity contribution >= 4 is 34.7 Å². The largest absolute Gasteiger partial charge is 0.507 e. The van der Waals surface area contributed by atoms with E-state index in [-0.39, 0.29) is 27.7 Å². The van der Waals surface area contributed by atoms with Gasteiger partial charge in [0, 0.05) is 5.69 Å². The lowest BCUT2D eigenvalue weighted by atomic mass is 9.97. The SMILES string of the molecule is COc1c(Cl)cc(C)cc1/C(O)=C1/C(=O)C(=O)N(c2ccc(C)cc2)C1c1ccco1. The first kappa shape index (κ1) is 20.8. The van der Waals surface area contributed by atoms with E-state index in [1.54, 1.807) is 43.3 Å². The van der Waals surface area contributed by atoms with Crippen molar-refractivity contribution < 1.29 is 23.8 Å². The molecule has 31 heavy (non-hydrogen) atoms. The molecule has 1 aliphatic heterocycles. The standard InChI is InChI=1S/C24H20ClNO5/c1-13-6-8-15(9-7-13)26-20(18-5-4-10-31-18)19(22(28)24(26)29)21(27)16-11-14(2)12-17(25)23(16)30-3/h4-12,20,27H,1-3H3/b21-19-. The summed E-state index contributed by atoms with van der Waals surface area (Å²) in [5.41, 5.74) is 2.41. The smallest absolute Gasteiger partial charge is 0.300 e. The topological polar surface area (TPSA) is 80.0 Å². The molecule has 2 aromatic carbocycles. The maximum atomic E-state index is 13.1. The minimum atomic E-state index is -0.943. The van der Waals surface area contributed by atoms with Crippen LogP contribution in [0.25, 0.3) is 5.76 Å². The van der Waals surface area contributed by atoms with E-state index in [4.69, 9.17) is 20.8 Å². The number of carbonyl (C=O) groups is 2. The highest BCUT2D eigenvalue weighted by molar-refractivity contribution is 6.51. The summed E-state index contributed by atoms with van der Waals surface area (Å²) in [4.78, 5) is 27.5. The summed E-state index contributed by atoms with van der Waals surface area (Å²) in [5, 5.41) is 11.5. The van der Waals surface area contributed by atoms with Crippen molar-refractivity contribution in [2.24, 2.45) is 0 Å². The number of furan rings is 1. The molecule has 0 bridgehead atoms. The molecule has 1 amide bonds. The first-order valence-corrected chi connectivity index (χ1v) is 9.97. The number of methoxy groups -OCH3 is 1. The molecule has 4 rings (SSSR count). The third kappa shape index (κ3) is 3.49. The van der Waals surface area contributed by atoms with Crippen molar-refractivity contribution in [2.45, 2.75) is 19.9 Å². The van der Waals surface area contributed by atoms with Gasteiger partial charge < -0.3 is 14.3 Å². The van der Waals surface area contributed by atoms with Gasteiger partial charge in [-0.25, -0.2) is 0 Å². The van der Waals surface area contributed by atoms with Gasteiger partial charge in [-0.15, -0.1) is 0 Å². The van der Waals surface area contributed by atoms with E-state index < -0.39 is 17.7 Å². The molecule has 1 atom stereocenters. The van der Waals surface area contributed by atoms with Gasteiger partial charge in [-0.05, 0) is 55.8 Å². The predicted molar refractivity (Wildman–Crippen MR) is 117 cm³/mol. The number of aliphatic hydroxyl groups is 1. The van der Waals surface area contributed by atoms with E-state index in [2.05, 4.69) is 0 Å². The van der Waals surface area contributed by atoms with Gasteiger partial charge in [-0.2, -0.15) is 0 Å². The molecule has 1 fully saturated rings. The van der Waals surface area contributed by atoms with Gasteiger partial charge in [0.25, 0.3) is 11.7 Å². The maximum absolute atomic E-state index is 13.1. The monoisotopic (exact) mass is 437 g/mol. The molecule has 0 saturated carbocycles. The fourth-order valence-corrected chi connectivity index (χ4v) is 4.13. The Labute approximate surface area is 184 Å². The van der Waals surface area contributed by atoms with Crippen LogP contribution < -0.4 is 9.64 Å². The van der Waals surface area contributed by atoms with Crippen LogP contribution >= 0.6 is 11.6 Å². The molecule has 1 unspecified atom stereocenters. The fourth-order valence-electron chi connectivity index (χ4n) is 3.78. The zero-order valence-electron chi connectivity index (χ0n) is 17.2. The molecule has 0 spiro atoms. The van der Waals surface area contributed by atoms with Crippen LogP contribution in [-0.2, 0) is 9.59 Å². The molecule has 1 aromatic heterocycles. The number of rotatable bonds is 4. The molecule has 0 radical (unpaired) electrons. The Morgan fingerprint density at radius 2 is 1.81 bits per heavy atom. The Morgan fingerprint density at radius 1 is 1.10 bits per heavy atom. The zero-order valence-corrected chi connectivity index (χ0v) is 17.9. The summed E-state index contributed by atoms with van der Waals surface area (Å²) >= 11 is 6.29. The van der Waals surface area contributed by atoms with Crippen molar-refractivity contribution in [3.63, 3.8) is 0 Å². The number of halogens is 1. The number of anilines is 1. The number of aryl methyl sites for hydroxylation is 2. The molecule has 0 aliphatic carbocycles. The second-order valence-corrected chi connectivity index (χ2v) is 7.75. The number of nitrogens with zero attached hydrogens (tertiary/aromatic N) is 1. The summed E-state index contributed by atoms with van der Waals surface area (Å²) < 4.78 is 10.9. The van der Waals surface area contributed by atoms with Gasteiger partial charge in [-0.3, -0.25) is 14.5 Å². The van der Waals surface area contributed by atoms with Crippen LogP contribution in [0.5, 0.6) is 5.75 Å². The number of hydrogen-bond donors (Lipinski definition) is 1. The van der Waals surface area contributed by atoms with Crippen LogP contribution in [-0.4, -0.2) is 23.9 Å². The Kier molecular flexibility index (Phi) is 5.33. The quantitative estimate of drug-likeness (QED) is 0.345. The lowest BCUT2D eigenvalue weighted by molar-refractivity contribution is -0.132. The number of Topliss-reactive ketones (excluding diaryl/α,β-unsaturated/α-hetero) is 1. The molecule has 7 heteroatoms. The van der Waals surface area contributed by atoms with Crippen molar-refractivity contribution in [3.05, 3.63) is 87.8 Å². The van der Waals surface area contributed by atoms with Crippen LogP contribution in [0.3, 0.4) is 0 Å². The molecule has 6 nitrogen and oxygen atoms in total. The van der Waals surface area contributed by atoms with Gasteiger partial charge >= 0.3 is 0 Å². The molecular formula is C24H20ClNO5. The van der Waals surface area contributed by atoms with Gasteiger partial charge in [-0.1, -0.05) is 29.3 Å². The predicted octanol–water partition coefficient (Wildman–Crippen LogP) is 5.18. The van der Waals surface area contributed by atoms with E-state index in [1.807, 2.05) is 19.1 Å². The Balaban J connectivity index is 1.97. The number of hydrogen-bond acceptors (Lipinski definition) is 5. The Hall–Kier alpha value is -3.51. The van der Waals surface area contributed by atoms with Crippen LogP contribution in [0, 0.1) is 13.8 Å². The summed E-state index contributed by atoms with van der Waals surface area (Å²) in [6.07, 6.45) is 1.45. The van der Waals surface area contributed by atoms with Gasteiger partial charge in [0.2, 0.25) is 0 Å². The average Bonchev–Trinajstić information content (AvgIpc) is 3.35. The third-order valence-corrected chi connectivity index (χ3v) is 5.50. The first-order valence-electron chi connectivity index (χ1n) is 9.59. The minimum absolute atomic E-state index is 0.0968. The van der Waals surface area contributed by atoms with Crippen molar-refractivity contribution in [2.75, 3.05) is 12.0 Å². The molecule has 2 heterocycles. The summed E-state index contributed by atoms with van der Waals surface area (Å²) in [7, 11) is 1.42. The zero-order chi connectivity index (χ0) is 22.3. The van der Waals surface area contributed by atoms with Crippen LogP contribution in [0.15, 0.2) is 64.8 Å². The summed E-state index contributed by atoms with van der Waals surface area (Å²) in [6.45, 7) is 3.73. The van der Waals surface area contributed by atoms with E-state index >= 15 is 0 Å². The highest BCUT2D eigenvalue weighted by Gasteiger charge is 2.48. The first-order chi connectivity index (χ1) is 14.8. The second kappa shape index (κ2) is 7.96.